The van der Waals surface area contributed by atoms with E-state index in [2.05, 4.69) is 9.97 Å². The van der Waals surface area contributed by atoms with Crippen molar-refractivity contribution in [2.45, 2.75) is 0 Å². The molecule has 2 rings (SSSR count). The quantitative estimate of drug-likeness (QED) is 0.539. The molecule has 0 unspecified atom stereocenters. The zero-order chi connectivity index (χ0) is 6.97. The largest absolute Gasteiger partial charge is 0.427 e. The van der Waals surface area contributed by atoms with Crippen molar-refractivity contribution in [3.63, 3.8) is 0 Å². The van der Waals surface area contributed by atoms with Crippen molar-refractivity contribution in [3.05, 3.63) is 24.7 Å². The van der Waals surface area contributed by atoms with Gasteiger partial charge in [-0.15, -0.1) is 0 Å². The predicted molar refractivity (Wildman–Crippen MR) is 33.8 cm³/mol. The van der Waals surface area contributed by atoms with Crippen LogP contribution in [0.2, 0.25) is 0 Å². The van der Waals surface area contributed by atoms with E-state index >= 15 is 0 Å². The lowest BCUT2D eigenvalue weighted by molar-refractivity contribution is 0.186. The average Bonchev–Trinajstić information content (AvgIpc) is 2.36. The number of aromatic nitrogens is 3. The molecule has 2 aliphatic rings. The second kappa shape index (κ2) is 1.70. The molecule has 10 heavy (non-hydrogen) atoms. The number of rotatable bonds is 0. The zero-order valence-corrected chi connectivity index (χ0v) is 5.10. The van der Waals surface area contributed by atoms with Crippen LogP contribution >= 0.6 is 0 Å². The fourth-order valence-electron chi connectivity index (χ4n) is 0.844. The molecule has 0 radical (unpaired) electrons. The van der Waals surface area contributed by atoms with Crippen molar-refractivity contribution in [3.8, 4) is 11.5 Å². The first kappa shape index (κ1) is 5.22. The van der Waals surface area contributed by atoms with E-state index < -0.39 is 0 Å². The monoisotopic (exact) mass is 135 g/mol. The second-order valence-corrected chi connectivity index (χ2v) is 1.93. The molecular weight excluding hydrogens is 130 g/mol. The first-order valence-corrected chi connectivity index (χ1v) is 2.85. The van der Waals surface area contributed by atoms with Gasteiger partial charge in [-0.1, -0.05) is 0 Å². The highest BCUT2D eigenvalue weighted by molar-refractivity contribution is 5.50. The maximum absolute atomic E-state index is 9.07. The number of hydrogen-bond donors (Lipinski definition) is 1. The molecule has 0 aromatic carbocycles. The molecule has 50 valence electrons. The Kier molecular flexibility index (Phi) is 0.887. The van der Waals surface area contributed by atoms with Crippen LogP contribution in [-0.4, -0.2) is 19.9 Å². The summed E-state index contributed by atoms with van der Waals surface area (Å²) in [5, 5.41) is 9.07. The van der Waals surface area contributed by atoms with E-state index in [1.54, 1.807) is 12.3 Å². The molecule has 0 aromatic heterocycles. The summed E-state index contributed by atoms with van der Waals surface area (Å²) in [5.74, 6) is 0.488. The molecule has 2 heterocycles. The fourth-order valence-corrected chi connectivity index (χ4v) is 0.844. The smallest absolute Gasteiger partial charge is 0.193 e. The van der Waals surface area contributed by atoms with Gasteiger partial charge in [-0.25, -0.2) is 4.98 Å². The first-order chi connectivity index (χ1) is 4.88. The van der Waals surface area contributed by atoms with E-state index in [4.69, 9.17) is 5.21 Å². The first-order valence-electron chi connectivity index (χ1n) is 2.85. The van der Waals surface area contributed by atoms with Crippen molar-refractivity contribution in [2.24, 2.45) is 0 Å². The van der Waals surface area contributed by atoms with Crippen LogP contribution in [0.5, 0.6) is 0 Å². The highest BCUT2D eigenvalue weighted by Crippen LogP contribution is 2.13. The van der Waals surface area contributed by atoms with Crippen molar-refractivity contribution in [1.29, 1.82) is 0 Å². The molecule has 4 heteroatoms. The summed E-state index contributed by atoms with van der Waals surface area (Å²) >= 11 is 0. The lowest BCUT2D eigenvalue weighted by Gasteiger charge is -1.99. The highest BCUT2D eigenvalue weighted by Gasteiger charge is 2.06. The van der Waals surface area contributed by atoms with Crippen LogP contribution in [0.25, 0.3) is 11.5 Å². The third kappa shape index (κ3) is 0.556. The average molecular weight is 135 g/mol. The van der Waals surface area contributed by atoms with Crippen LogP contribution in [0, 0.1) is 0 Å². The van der Waals surface area contributed by atoms with E-state index in [1.165, 1.54) is 12.4 Å². The van der Waals surface area contributed by atoms with Gasteiger partial charge in [-0.05, 0) is 6.07 Å². The van der Waals surface area contributed by atoms with Gasteiger partial charge in [0, 0.05) is 12.4 Å². The third-order valence-electron chi connectivity index (χ3n) is 1.30. The number of hydrogen-bond acceptors (Lipinski definition) is 3. The highest BCUT2D eigenvalue weighted by atomic mass is 16.5. The molecule has 0 saturated heterocycles. The molecule has 1 N–H and O–H groups in total. The van der Waals surface area contributed by atoms with Gasteiger partial charge in [-0.2, -0.15) is 4.73 Å². The molecule has 0 fully saturated rings. The lowest BCUT2D eigenvalue weighted by Crippen LogP contribution is -1.98. The van der Waals surface area contributed by atoms with Crippen LogP contribution in [0.3, 0.4) is 0 Å². The predicted octanol–water partition coefficient (Wildman–Crippen LogP) is 0.620. The number of nitrogens with zero attached hydrogens (tertiary/aromatic N) is 3. The third-order valence-corrected chi connectivity index (χ3v) is 1.30. The van der Waals surface area contributed by atoms with Crippen LogP contribution in [0.4, 0.5) is 0 Å². The SMILES string of the molecule is On1ccnc2ccnc1-2. The van der Waals surface area contributed by atoms with Gasteiger partial charge in [0.1, 0.15) is 5.69 Å². The molecule has 0 aromatic rings. The molecule has 2 aliphatic heterocycles. The molecule has 0 amide bonds. The normalized spacial score (nSPS) is 10.4. The Hall–Kier alpha value is -1.58. The van der Waals surface area contributed by atoms with E-state index in [1.807, 2.05) is 0 Å². The van der Waals surface area contributed by atoms with Gasteiger partial charge in [0.05, 0.1) is 6.20 Å². The van der Waals surface area contributed by atoms with E-state index in [0.717, 1.165) is 4.73 Å². The molecule has 0 bridgehead atoms. The van der Waals surface area contributed by atoms with Crippen LogP contribution < -0.4 is 0 Å². The Bertz CT molecular complexity index is 317. The summed E-state index contributed by atoms with van der Waals surface area (Å²) in [6.07, 6.45) is 4.56. The lowest BCUT2D eigenvalue weighted by atomic mass is 10.4. The standard InChI is InChI=1S/C6H5N3O/c10-9-4-3-7-5-1-2-8-6(5)9/h1-4,10H. The molecule has 0 spiro atoms. The summed E-state index contributed by atoms with van der Waals surface area (Å²) in [6, 6.07) is 1.74. The van der Waals surface area contributed by atoms with Crippen molar-refractivity contribution >= 4 is 0 Å². The second-order valence-electron chi connectivity index (χ2n) is 1.93. The van der Waals surface area contributed by atoms with E-state index in [-0.39, 0.29) is 0 Å². The Labute approximate surface area is 57.1 Å². The van der Waals surface area contributed by atoms with Crippen molar-refractivity contribution in [1.82, 2.24) is 14.7 Å². The maximum atomic E-state index is 9.07. The summed E-state index contributed by atoms with van der Waals surface area (Å²) in [4.78, 5) is 7.83. The van der Waals surface area contributed by atoms with Gasteiger partial charge >= 0.3 is 0 Å². The molecule has 0 aliphatic carbocycles. The molecule has 0 saturated carbocycles. The van der Waals surface area contributed by atoms with Gasteiger partial charge in [0.25, 0.3) is 0 Å². The summed E-state index contributed by atoms with van der Waals surface area (Å²) < 4.78 is 0.947. The van der Waals surface area contributed by atoms with Crippen LogP contribution in [-0.2, 0) is 0 Å². The van der Waals surface area contributed by atoms with Crippen LogP contribution in [0.15, 0.2) is 24.7 Å². The molecule has 0 atom stereocenters. The minimum atomic E-state index is 0.488. The summed E-state index contributed by atoms with van der Waals surface area (Å²) in [6.45, 7) is 0. The minimum Gasteiger partial charge on any atom is -0.427 e. The van der Waals surface area contributed by atoms with Gasteiger partial charge in [0.15, 0.2) is 5.82 Å². The fraction of sp³-hybridized carbons (Fsp3) is 0. The van der Waals surface area contributed by atoms with E-state index in [0.29, 0.717) is 11.5 Å². The summed E-state index contributed by atoms with van der Waals surface area (Å²) in [5.41, 5.74) is 0.699. The Morgan fingerprint density at radius 1 is 1.30 bits per heavy atom. The molecular formula is C6H5N3O. The summed E-state index contributed by atoms with van der Waals surface area (Å²) in [7, 11) is 0. The van der Waals surface area contributed by atoms with Crippen molar-refractivity contribution in [2.75, 3.05) is 0 Å². The van der Waals surface area contributed by atoms with Gasteiger partial charge < -0.3 is 5.21 Å². The van der Waals surface area contributed by atoms with Gasteiger partial charge in [-0.3, -0.25) is 4.98 Å². The van der Waals surface area contributed by atoms with Gasteiger partial charge in [0.2, 0.25) is 0 Å². The zero-order valence-electron chi connectivity index (χ0n) is 5.10. The topological polar surface area (TPSA) is 50.9 Å². The van der Waals surface area contributed by atoms with Crippen LogP contribution in [0.1, 0.15) is 0 Å². The van der Waals surface area contributed by atoms with E-state index in [9.17, 15) is 0 Å². The Morgan fingerprint density at radius 2 is 2.20 bits per heavy atom. The maximum Gasteiger partial charge on any atom is 0.193 e. The Balaban J connectivity index is 2.80. The minimum absolute atomic E-state index is 0.488. The molecule has 4 nitrogen and oxygen atoms in total. The number of fused-ring (bicyclic) bond motifs is 1. The van der Waals surface area contributed by atoms with Crippen molar-refractivity contribution < 1.29 is 5.21 Å². The Morgan fingerprint density at radius 3 is 3.00 bits per heavy atom.